The molecular formula is C11H16N4O2. The first-order valence-electron chi connectivity index (χ1n) is 5.18. The molecule has 0 aliphatic carbocycles. The van der Waals surface area contributed by atoms with Crippen LogP contribution in [0.2, 0.25) is 0 Å². The van der Waals surface area contributed by atoms with Crippen molar-refractivity contribution in [2.24, 2.45) is 5.73 Å². The lowest BCUT2D eigenvalue weighted by molar-refractivity contribution is -0.117. The highest BCUT2D eigenvalue weighted by atomic mass is 16.2. The van der Waals surface area contributed by atoms with Crippen LogP contribution in [0.1, 0.15) is 6.92 Å². The summed E-state index contributed by atoms with van der Waals surface area (Å²) in [5.74, 6) is -0.276. The molecule has 0 bridgehead atoms. The highest BCUT2D eigenvalue weighted by Crippen LogP contribution is 2.14. The van der Waals surface area contributed by atoms with Crippen molar-refractivity contribution in [3.63, 3.8) is 0 Å². The molecule has 0 spiro atoms. The maximum Gasteiger partial charge on any atom is 0.318 e. The van der Waals surface area contributed by atoms with Gasteiger partial charge in [-0.05, 0) is 25.1 Å². The van der Waals surface area contributed by atoms with Gasteiger partial charge < -0.3 is 21.7 Å². The zero-order chi connectivity index (χ0) is 12.8. The zero-order valence-electron chi connectivity index (χ0n) is 9.78. The van der Waals surface area contributed by atoms with E-state index in [-0.39, 0.29) is 11.9 Å². The van der Waals surface area contributed by atoms with Crippen LogP contribution in [0.3, 0.4) is 0 Å². The van der Waals surface area contributed by atoms with Crippen LogP contribution in [0, 0.1) is 0 Å². The normalized spacial score (nSPS) is 11.5. The molecule has 1 aromatic carbocycles. The monoisotopic (exact) mass is 236 g/mol. The van der Waals surface area contributed by atoms with Crippen LogP contribution < -0.4 is 21.7 Å². The van der Waals surface area contributed by atoms with Gasteiger partial charge in [0.25, 0.3) is 0 Å². The lowest BCUT2D eigenvalue weighted by Gasteiger charge is -2.09. The van der Waals surface area contributed by atoms with Crippen LogP contribution in [0.4, 0.5) is 16.2 Å². The predicted octanol–water partition coefficient (Wildman–Crippen LogP) is 0.724. The summed E-state index contributed by atoms with van der Waals surface area (Å²) >= 11 is 0. The van der Waals surface area contributed by atoms with E-state index in [9.17, 15) is 9.59 Å². The summed E-state index contributed by atoms with van der Waals surface area (Å²) in [7, 11) is 1.52. The van der Waals surface area contributed by atoms with Gasteiger partial charge in [0.1, 0.15) is 0 Å². The average molecular weight is 236 g/mol. The number of amides is 3. The molecule has 0 aliphatic heterocycles. The van der Waals surface area contributed by atoms with Crippen molar-refractivity contribution in [1.29, 1.82) is 0 Å². The number of anilines is 2. The van der Waals surface area contributed by atoms with Gasteiger partial charge in [-0.25, -0.2) is 4.79 Å². The van der Waals surface area contributed by atoms with Crippen molar-refractivity contribution in [3.05, 3.63) is 24.3 Å². The highest BCUT2D eigenvalue weighted by Gasteiger charge is 2.07. The van der Waals surface area contributed by atoms with E-state index in [1.54, 1.807) is 31.2 Å². The Balaban J connectivity index is 2.72. The van der Waals surface area contributed by atoms with Crippen molar-refractivity contribution < 1.29 is 9.59 Å². The topological polar surface area (TPSA) is 96.2 Å². The van der Waals surface area contributed by atoms with Gasteiger partial charge in [-0.15, -0.1) is 0 Å². The van der Waals surface area contributed by atoms with Gasteiger partial charge >= 0.3 is 6.03 Å². The number of carbonyl (C=O) groups excluding carboxylic acids is 2. The molecule has 0 heterocycles. The first-order chi connectivity index (χ1) is 8.02. The van der Waals surface area contributed by atoms with Crippen LogP contribution in [0.5, 0.6) is 0 Å². The number of carbonyl (C=O) groups is 2. The number of hydrogen-bond acceptors (Lipinski definition) is 3. The molecule has 0 fully saturated rings. The van der Waals surface area contributed by atoms with E-state index in [0.29, 0.717) is 11.4 Å². The second kappa shape index (κ2) is 5.86. The SMILES string of the molecule is CNC(=O)Nc1cccc(NC(=O)[C@H](C)N)c1. The number of benzene rings is 1. The maximum atomic E-state index is 11.4. The summed E-state index contributed by atoms with van der Waals surface area (Å²) in [4.78, 5) is 22.5. The van der Waals surface area contributed by atoms with Gasteiger partial charge in [0, 0.05) is 18.4 Å². The molecular weight excluding hydrogens is 220 g/mol. The number of nitrogens with one attached hydrogen (secondary N) is 3. The number of urea groups is 1. The Kier molecular flexibility index (Phi) is 4.47. The molecule has 3 amide bonds. The van der Waals surface area contributed by atoms with Gasteiger partial charge in [0.2, 0.25) is 5.91 Å². The van der Waals surface area contributed by atoms with Gasteiger partial charge in [-0.2, -0.15) is 0 Å². The fourth-order valence-corrected chi connectivity index (χ4v) is 1.12. The van der Waals surface area contributed by atoms with Crippen molar-refractivity contribution in [3.8, 4) is 0 Å². The summed E-state index contributed by atoms with van der Waals surface area (Å²) in [5, 5.41) is 7.67. The summed E-state index contributed by atoms with van der Waals surface area (Å²) in [6.45, 7) is 1.60. The van der Waals surface area contributed by atoms with E-state index in [2.05, 4.69) is 16.0 Å². The first kappa shape index (κ1) is 13.0. The molecule has 0 saturated carbocycles. The lowest BCUT2D eigenvalue weighted by Crippen LogP contribution is -2.32. The van der Waals surface area contributed by atoms with Gasteiger partial charge in [-0.3, -0.25) is 4.79 Å². The number of hydrogen-bond donors (Lipinski definition) is 4. The fourth-order valence-electron chi connectivity index (χ4n) is 1.12. The van der Waals surface area contributed by atoms with Crippen molar-refractivity contribution in [2.75, 3.05) is 17.7 Å². The number of nitrogens with two attached hydrogens (primary N) is 1. The third-order valence-electron chi connectivity index (χ3n) is 2.03. The minimum Gasteiger partial charge on any atom is -0.341 e. The number of rotatable bonds is 3. The smallest absolute Gasteiger partial charge is 0.318 e. The minimum absolute atomic E-state index is 0.276. The van der Waals surface area contributed by atoms with Gasteiger partial charge in [-0.1, -0.05) is 6.07 Å². The van der Waals surface area contributed by atoms with E-state index in [1.807, 2.05) is 0 Å². The van der Waals surface area contributed by atoms with Crippen molar-refractivity contribution in [2.45, 2.75) is 13.0 Å². The minimum atomic E-state index is -0.578. The zero-order valence-corrected chi connectivity index (χ0v) is 9.78. The standard InChI is InChI=1S/C11H16N4O2/c1-7(12)10(16)14-8-4-3-5-9(6-8)15-11(17)13-2/h3-7H,12H2,1-2H3,(H,14,16)(H2,13,15,17)/t7-/m0/s1. The largest absolute Gasteiger partial charge is 0.341 e. The Labute approximate surface area is 99.6 Å². The third-order valence-corrected chi connectivity index (χ3v) is 2.03. The van der Waals surface area contributed by atoms with Crippen molar-refractivity contribution in [1.82, 2.24) is 5.32 Å². The van der Waals surface area contributed by atoms with Crippen LogP contribution in [-0.2, 0) is 4.79 Å². The molecule has 0 saturated heterocycles. The second-order valence-corrected chi connectivity index (χ2v) is 3.56. The molecule has 0 aliphatic rings. The molecule has 17 heavy (non-hydrogen) atoms. The molecule has 5 N–H and O–H groups in total. The molecule has 6 nitrogen and oxygen atoms in total. The molecule has 0 radical (unpaired) electrons. The summed E-state index contributed by atoms with van der Waals surface area (Å²) < 4.78 is 0. The maximum absolute atomic E-state index is 11.4. The quantitative estimate of drug-likeness (QED) is 0.622. The Bertz CT molecular complexity index is 418. The van der Waals surface area contributed by atoms with Gasteiger partial charge in [0.05, 0.1) is 6.04 Å². The predicted molar refractivity (Wildman–Crippen MR) is 66.8 cm³/mol. The fraction of sp³-hybridized carbons (Fsp3) is 0.273. The highest BCUT2D eigenvalue weighted by molar-refractivity contribution is 5.95. The lowest BCUT2D eigenvalue weighted by atomic mass is 10.2. The average Bonchev–Trinajstić information content (AvgIpc) is 2.29. The molecule has 1 atom stereocenters. The Morgan fingerprint density at radius 2 is 1.82 bits per heavy atom. The van der Waals surface area contributed by atoms with Crippen LogP contribution >= 0.6 is 0 Å². The van der Waals surface area contributed by atoms with E-state index in [1.165, 1.54) is 7.05 Å². The van der Waals surface area contributed by atoms with E-state index < -0.39 is 6.04 Å². The second-order valence-electron chi connectivity index (χ2n) is 3.56. The molecule has 1 aromatic rings. The van der Waals surface area contributed by atoms with Gasteiger partial charge in [0.15, 0.2) is 0 Å². The summed E-state index contributed by atoms with van der Waals surface area (Å²) in [6, 6.07) is 5.91. The molecule has 0 aromatic heterocycles. The summed E-state index contributed by atoms with van der Waals surface area (Å²) in [6.07, 6.45) is 0. The third kappa shape index (κ3) is 4.12. The van der Waals surface area contributed by atoms with E-state index in [0.717, 1.165) is 0 Å². The Hall–Kier alpha value is -2.08. The Morgan fingerprint density at radius 3 is 2.35 bits per heavy atom. The first-order valence-corrected chi connectivity index (χ1v) is 5.18. The van der Waals surface area contributed by atoms with Crippen LogP contribution in [-0.4, -0.2) is 25.0 Å². The molecule has 6 heteroatoms. The Morgan fingerprint density at radius 1 is 1.24 bits per heavy atom. The van der Waals surface area contributed by atoms with Crippen LogP contribution in [0.15, 0.2) is 24.3 Å². The van der Waals surface area contributed by atoms with Crippen molar-refractivity contribution >= 4 is 23.3 Å². The van der Waals surface area contributed by atoms with E-state index >= 15 is 0 Å². The molecule has 92 valence electrons. The molecule has 1 rings (SSSR count). The van der Waals surface area contributed by atoms with E-state index in [4.69, 9.17) is 5.73 Å². The summed E-state index contributed by atoms with van der Waals surface area (Å²) in [5.41, 5.74) is 6.61. The molecule has 0 unspecified atom stereocenters. The van der Waals surface area contributed by atoms with Crippen LogP contribution in [0.25, 0.3) is 0 Å².